The number of allylic oxidation sites excluding steroid dienone is 1. The van der Waals surface area contributed by atoms with Crippen molar-refractivity contribution in [3.63, 3.8) is 0 Å². The van der Waals surface area contributed by atoms with Gasteiger partial charge in [-0.3, -0.25) is 0 Å². The zero-order chi connectivity index (χ0) is 13.9. The molecule has 0 aliphatic carbocycles. The van der Waals surface area contributed by atoms with E-state index in [1.165, 1.54) is 12.1 Å². The monoisotopic (exact) mass is 318 g/mol. The number of alkyl halides is 3. The molecule has 1 rings (SSSR count). The van der Waals surface area contributed by atoms with E-state index < -0.39 is 28.7 Å². The van der Waals surface area contributed by atoms with Gasteiger partial charge in [-0.1, -0.05) is 15.9 Å². The van der Waals surface area contributed by atoms with Gasteiger partial charge in [-0.15, -0.1) is 0 Å². The van der Waals surface area contributed by atoms with Crippen LogP contribution in [0.3, 0.4) is 0 Å². The first-order valence-electron chi connectivity index (χ1n) is 4.38. The number of hydrogen-bond acceptors (Lipinski definition) is 2. The van der Waals surface area contributed by atoms with Crippen LogP contribution in [0.15, 0.2) is 22.2 Å². The molecule has 0 saturated heterocycles. The molecular formula is C11H3BrF4N2. The zero-order valence-electron chi connectivity index (χ0n) is 8.52. The molecule has 0 aliphatic heterocycles. The van der Waals surface area contributed by atoms with E-state index in [2.05, 4.69) is 15.9 Å². The third kappa shape index (κ3) is 2.88. The molecule has 0 amide bonds. The molecule has 92 valence electrons. The maximum Gasteiger partial charge on any atom is 0.419 e. The van der Waals surface area contributed by atoms with Crippen LogP contribution in [0.2, 0.25) is 0 Å². The molecule has 1 aromatic carbocycles. The molecule has 0 bridgehead atoms. The van der Waals surface area contributed by atoms with Gasteiger partial charge in [0.05, 0.1) is 5.56 Å². The van der Waals surface area contributed by atoms with Crippen molar-refractivity contribution in [3.05, 3.63) is 39.1 Å². The first-order chi connectivity index (χ1) is 8.31. The normalized spacial score (nSPS) is 10.4. The molecule has 0 unspecified atom stereocenters. The van der Waals surface area contributed by atoms with E-state index in [1.807, 2.05) is 0 Å². The molecule has 18 heavy (non-hydrogen) atoms. The predicted octanol–water partition coefficient (Wildman–Crippen LogP) is 4.04. The van der Waals surface area contributed by atoms with E-state index in [9.17, 15) is 17.6 Å². The predicted molar refractivity (Wildman–Crippen MR) is 58.3 cm³/mol. The SMILES string of the molecule is N#CC(C#N)=Cc1c(Br)ccc(C(F)(F)F)c1F. The van der Waals surface area contributed by atoms with Gasteiger partial charge in [0.15, 0.2) is 0 Å². The fourth-order valence-corrected chi connectivity index (χ4v) is 1.58. The first-order valence-corrected chi connectivity index (χ1v) is 5.17. The van der Waals surface area contributed by atoms with Crippen LogP contribution in [0.5, 0.6) is 0 Å². The molecule has 0 heterocycles. The summed E-state index contributed by atoms with van der Waals surface area (Å²) in [5.41, 5.74) is -2.43. The third-order valence-corrected chi connectivity index (χ3v) is 2.65. The lowest BCUT2D eigenvalue weighted by Crippen LogP contribution is -2.09. The van der Waals surface area contributed by atoms with E-state index in [-0.39, 0.29) is 4.47 Å². The second-order valence-electron chi connectivity index (χ2n) is 3.10. The largest absolute Gasteiger partial charge is 0.419 e. The van der Waals surface area contributed by atoms with Crippen LogP contribution < -0.4 is 0 Å². The summed E-state index contributed by atoms with van der Waals surface area (Å²) < 4.78 is 51.0. The summed E-state index contributed by atoms with van der Waals surface area (Å²) in [6.45, 7) is 0. The summed E-state index contributed by atoms with van der Waals surface area (Å²) >= 11 is 2.86. The molecule has 1 aromatic rings. The summed E-state index contributed by atoms with van der Waals surface area (Å²) in [7, 11) is 0. The number of hydrogen-bond donors (Lipinski definition) is 0. The molecule has 7 heteroatoms. The Bertz CT molecular complexity index is 575. The van der Waals surface area contributed by atoms with Crippen LogP contribution in [0, 0.1) is 28.5 Å². The first kappa shape index (κ1) is 14.2. The molecule has 2 nitrogen and oxygen atoms in total. The standard InChI is InChI=1S/C11H3BrF4N2/c12-9-2-1-8(11(14,15)16)10(13)7(9)3-6(4-17)5-18/h1-3H. The van der Waals surface area contributed by atoms with Crippen LogP contribution >= 0.6 is 15.9 Å². The maximum atomic E-state index is 13.6. The average Bonchev–Trinajstić information content (AvgIpc) is 2.27. The Hall–Kier alpha value is -1.86. The van der Waals surface area contributed by atoms with E-state index in [4.69, 9.17) is 10.5 Å². The van der Waals surface area contributed by atoms with Crippen molar-refractivity contribution in [3.8, 4) is 12.1 Å². The van der Waals surface area contributed by atoms with Crippen LogP contribution in [0.25, 0.3) is 6.08 Å². The number of nitriles is 2. The highest BCUT2D eigenvalue weighted by Crippen LogP contribution is 2.35. The number of nitrogens with zero attached hydrogens (tertiary/aromatic N) is 2. The van der Waals surface area contributed by atoms with Crippen molar-refractivity contribution in [1.82, 2.24) is 0 Å². The number of halogens is 5. The van der Waals surface area contributed by atoms with Gasteiger partial charge >= 0.3 is 6.18 Å². The highest BCUT2D eigenvalue weighted by molar-refractivity contribution is 9.10. The van der Waals surface area contributed by atoms with Crippen molar-refractivity contribution in [2.75, 3.05) is 0 Å². The minimum absolute atomic E-state index is 0.0241. The molecule has 0 saturated carbocycles. The maximum absolute atomic E-state index is 13.6. The van der Waals surface area contributed by atoms with Crippen molar-refractivity contribution in [2.45, 2.75) is 6.18 Å². The molecule has 0 aliphatic rings. The molecule has 0 aromatic heterocycles. The Balaban J connectivity index is 3.53. The van der Waals surface area contributed by atoms with Gasteiger partial charge in [-0.05, 0) is 18.2 Å². The van der Waals surface area contributed by atoms with Gasteiger partial charge in [0.1, 0.15) is 23.5 Å². The fourth-order valence-electron chi connectivity index (χ4n) is 1.15. The van der Waals surface area contributed by atoms with Gasteiger partial charge in [-0.25, -0.2) is 4.39 Å². The lowest BCUT2D eigenvalue weighted by atomic mass is 10.1. The summed E-state index contributed by atoms with van der Waals surface area (Å²) in [6, 6.07) is 4.47. The molecule has 0 fully saturated rings. The van der Waals surface area contributed by atoms with Gasteiger partial charge < -0.3 is 0 Å². The minimum Gasteiger partial charge on any atom is -0.206 e. The Morgan fingerprint density at radius 1 is 1.22 bits per heavy atom. The topological polar surface area (TPSA) is 47.6 Å². The Morgan fingerprint density at radius 3 is 2.22 bits per heavy atom. The molecule has 0 atom stereocenters. The Labute approximate surface area is 108 Å². The van der Waals surface area contributed by atoms with Gasteiger partial charge in [0, 0.05) is 10.0 Å². The summed E-state index contributed by atoms with van der Waals surface area (Å²) in [6.07, 6.45) is -4.08. The van der Waals surface area contributed by atoms with Crippen molar-refractivity contribution < 1.29 is 17.6 Å². The van der Waals surface area contributed by atoms with E-state index in [0.717, 1.165) is 12.1 Å². The van der Waals surface area contributed by atoms with Gasteiger partial charge in [0.25, 0.3) is 0 Å². The zero-order valence-corrected chi connectivity index (χ0v) is 10.1. The van der Waals surface area contributed by atoms with Crippen LogP contribution in [-0.2, 0) is 6.18 Å². The average molecular weight is 319 g/mol. The molecular weight excluding hydrogens is 316 g/mol. The molecule has 0 radical (unpaired) electrons. The van der Waals surface area contributed by atoms with E-state index in [1.54, 1.807) is 0 Å². The van der Waals surface area contributed by atoms with Crippen LogP contribution in [0.4, 0.5) is 17.6 Å². The van der Waals surface area contributed by atoms with Gasteiger partial charge in [-0.2, -0.15) is 23.7 Å². The molecule has 0 N–H and O–H groups in total. The highest BCUT2D eigenvalue weighted by Gasteiger charge is 2.35. The quantitative estimate of drug-likeness (QED) is 0.579. The minimum atomic E-state index is -4.84. The van der Waals surface area contributed by atoms with Crippen LogP contribution in [-0.4, -0.2) is 0 Å². The second kappa shape index (κ2) is 5.19. The summed E-state index contributed by atoms with van der Waals surface area (Å²) in [4.78, 5) is 0. The summed E-state index contributed by atoms with van der Waals surface area (Å²) in [5, 5.41) is 17.0. The Morgan fingerprint density at radius 2 is 1.78 bits per heavy atom. The number of benzene rings is 1. The van der Waals surface area contributed by atoms with E-state index in [0.29, 0.717) is 6.07 Å². The van der Waals surface area contributed by atoms with Crippen molar-refractivity contribution >= 4 is 22.0 Å². The lowest BCUT2D eigenvalue weighted by Gasteiger charge is -2.10. The smallest absolute Gasteiger partial charge is 0.206 e. The lowest BCUT2D eigenvalue weighted by molar-refractivity contribution is -0.140. The van der Waals surface area contributed by atoms with Gasteiger partial charge in [0.2, 0.25) is 0 Å². The Kier molecular flexibility index (Phi) is 4.10. The highest BCUT2D eigenvalue weighted by atomic mass is 79.9. The van der Waals surface area contributed by atoms with Crippen LogP contribution in [0.1, 0.15) is 11.1 Å². The summed E-state index contributed by atoms with van der Waals surface area (Å²) in [5.74, 6) is -1.53. The number of rotatable bonds is 1. The molecule has 0 spiro atoms. The second-order valence-corrected chi connectivity index (χ2v) is 3.96. The van der Waals surface area contributed by atoms with Crippen molar-refractivity contribution in [1.29, 1.82) is 10.5 Å². The fraction of sp³-hybridized carbons (Fsp3) is 0.0909. The third-order valence-electron chi connectivity index (χ3n) is 1.96. The van der Waals surface area contributed by atoms with E-state index >= 15 is 0 Å². The van der Waals surface area contributed by atoms with Crippen molar-refractivity contribution in [2.24, 2.45) is 0 Å².